The minimum Gasteiger partial charge on any atom is -0.381 e. The highest BCUT2D eigenvalue weighted by Crippen LogP contribution is 2.28. The van der Waals surface area contributed by atoms with E-state index in [1.165, 1.54) is 12.8 Å². The predicted octanol–water partition coefficient (Wildman–Crippen LogP) is 1.92. The summed E-state index contributed by atoms with van der Waals surface area (Å²) in [7, 11) is 0. The summed E-state index contributed by atoms with van der Waals surface area (Å²) in [4.78, 5) is 15.0. The minimum absolute atomic E-state index is 0.163. The van der Waals surface area contributed by atoms with Crippen molar-refractivity contribution < 1.29 is 9.53 Å². The SMILES string of the molecule is CC(C)CN(C(=O)C1(N)CCOCC1)C1CCCC1. The molecule has 2 fully saturated rings. The van der Waals surface area contributed by atoms with Crippen LogP contribution in [0.1, 0.15) is 52.4 Å². The van der Waals surface area contributed by atoms with E-state index in [1.807, 2.05) is 0 Å². The van der Waals surface area contributed by atoms with Gasteiger partial charge in [-0.15, -0.1) is 0 Å². The van der Waals surface area contributed by atoms with Crippen molar-refractivity contribution in [2.24, 2.45) is 11.7 Å². The molecule has 0 aromatic heterocycles. The smallest absolute Gasteiger partial charge is 0.243 e. The van der Waals surface area contributed by atoms with Crippen LogP contribution in [0, 0.1) is 5.92 Å². The van der Waals surface area contributed by atoms with E-state index in [9.17, 15) is 4.79 Å². The van der Waals surface area contributed by atoms with Gasteiger partial charge in [-0.25, -0.2) is 0 Å². The van der Waals surface area contributed by atoms with Crippen molar-refractivity contribution in [1.82, 2.24) is 4.90 Å². The first-order chi connectivity index (χ1) is 9.03. The van der Waals surface area contributed by atoms with E-state index in [1.54, 1.807) is 0 Å². The number of hydrogen-bond acceptors (Lipinski definition) is 3. The molecule has 2 rings (SSSR count). The van der Waals surface area contributed by atoms with Crippen LogP contribution in [-0.4, -0.2) is 42.1 Å². The monoisotopic (exact) mass is 268 g/mol. The van der Waals surface area contributed by atoms with Crippen molar-refractivity contribution in [3.8, 4) is 0 Å². The van der Waals surface area contributed by atoms with E-state index >= 15 is 0 Å². The molecule has 0 spiro atoms. The molecule has 0 radical (unpaired) electrons. The minimum atomic E-state index is -0.685. The van der Waals surface area contributed by atoms with E-state index in [0.29, 0.717) is 38.0 Å². The molecule has 1 heterocycles. The van der Waals surface area contributed by atoms with Gasteiger partial charge in [0.1, 0.15) is 0 Å². The molecule has 4 nitrogen and oxygen atoms in total. The molecule has 19 heavy (non-hydrogen) atoms. The Bertz CT molecular complexity index is 305. The van der Waals surface area contributed by atoms with Gasteiger partial charge in [0.05, 0.1) is 5.54 Å². The molecule has 1 saturated carbocycles. The fourth-order valence-electron chi connectivity index (χ4n) is 3.24. The van der Waals surface area contributed by atoms with Gasteiger partial charge < -0.3 is 15.4 Å². The second-order valence-electron chi connectivity index (χ2n) is 6.56. The predicted molar refractivity (Wildman–Crippen MR) is 75.8 cm³/mol. The molecular formula is C15H28N2O2. The van der Waals surface area contributed by atoms with Gasteiger partial charge in [0.25, 0.3) is 0 Å². The first-order valence-electron chi connectivity index (χ1n) is 7.70. The lowest BCUT2D eigenvalue weighted by molar-refractivity contribution is -0.143. The van der Waals surface area contributed by atoms with Crippen LogP contribution < -0.4 is 5.73 Å². The van der Waals surface area contributed by atoms with Crippen LogP contribution in [-0.2, 0) is 9.53 Å². The van der Waals surface area contributed by atoms with Crippen molar-refractivity contribution >= 4 is 5.91 Å². The maximum atomic E-state index is 12.9. The zero-order valence-corrected chi connectivity index (χ0v) is 12.4. The summed E-state index contributed by atoms with van der Waals surface area (Å²) >= 11 is 0. The molecule has 1 aliphatic carbocycles. The van der Waals surface area contributed by atoms with Crippen LogP contribution >= 0.6 is 0 Å². The fourth-order valence-corrected chi connectivity index (χ4v) is 3.24. The number of nitrogens with two attached hydrogens (primary N) is 1. The van der Waals surface area contributed by atoms with Crippen LogP contribution in [0.2, 0.25) is 0 Å². The van der Waals surface area contributed by atoms with Gasteiger partial charge in [0.2, 0.25) is 5.91 Å². The standard InChI is InChI=1S/C15H28N2O2/c1-12(2)11-17(13-5-3-4-6-13)14(18)15(16)7-9-19-10-8-15/h12-13H,3-11,16H2,1-2H3. The second kappa shape index (κ2) is 6.23. The third-order valence-electron chi connectivity index (χ3n) is 4.40. The summed E-state index contributed by atoms with van der Waals surface area (Å²) in [5.74, 6) is 0.657. The third kappa shape index (κ3) is 3.48. The van der Waals surface area contributed by atoms with Crippen LogP contribution in [0.4, 0.5) is 0 Å². The Balaban J connectivity index is 2.09. The highest BCUT2D eigenvalue weighted by Gasteiger charge is 2.41. The molecule has 0 unspecified atom stereocenters. The van der Waals surface area contributed by atoms with Crippen LogP contribution in [0.15, 0.2) is 0 Å². The molecule has 4 heteroatoms. The zero-order valence-electron chi connectivity index (χ0n) is 12.4. The van der Waals surface area contributed by atoms with Crippen LogP contribution in [0.3, 0.4) is 0 Å². The van der Waals surface area contributed by atoms with Crippen molar-refractivity contribution in [1.29, 1.82) is 0 Å². The van der Waals surface area contributed by atoms with Crippen molar-refractivity contribution in [2.45, 2.75) is 64.0 Å². The molecule has 1 saturated heterocycles. The molecule has 1 aliphatic heterocycles. The number of carbonyl (C=O) groups is 1. The molecule has 0 aromatic carbocycles. The maximum Gasteiger partial charge on any atom is 0.243 e. The first-order valence-corrected chi connectivity index (χ1v) is 7.70. The Hall–Kier alpha value is -0.610. The van der Waals surface area contributed by atoms with Crippen molar-refractivity contribution in [3.05, 3.63) is 0 Å². The second-order valence-corrected chi connectivity index (χ2v) is 6.56. The van der Waals surface area contributed by atoms with Crippen molar-refractivity contribution in [2.75, 3.05) is 19.8 Å². The Morgan fingerprint density at radius 1 is 1.32 bits per heavy atom. The summed E-state index contributed by atoms with van der Waals surface area (Å²) in [6.45, 7) is 6.40. The van der Waals surface area contributed by atoms with Crippen LogP contribution in [0.25, 0.3) is 0 Å². The van der Waals surface area contributed by atoms with E-state index in [0.717, 1.165) is 19.4 Å². The quantitative estimate of drug-likeness (QED) is 0.847. The zero-order chi connectivity index (χ0) is 13.9. The Morgan fingerprint density at radius 3 is 2.42 bits per heavy atom. The molecule has 0 atom stereocenters. The van der Waals surface area contributed by atoms with Crippen LogP contribution in [0.5, 0.6) is 0 Å². The molecule has 0 aromatic rings. The lowest BCUT2D eigenvalue weighted by atomic mass is 9.88. The summed E-state index contributed by atoms with van der Waals surface area (Å²) in [5.41, 5.74) is 5.69. The molecule has 0 bridgehead atoms. The lowest BCUT2D eigenvalue weighted by Gasteiger charge is -2.40. The molecule has 2 aliphatic rings. The number of hydrogen-bond donors (Lipinski definition) is 1. The molecule has 110 valence electrons. The lowest BCUT2D eigenvalue weighted by Crippen LogP contribution is -2.60. The maximum absolute atomic E-state index is 12.9. The average Bonchev–Trinajstić information content (AvgIpc) is 2.89. The molecular weight excluding hydrogens is 240 g/mol. The van der Waals surface area contributed by atoms with Crippen molar-refractivity contribution in [3.63, 3.8) is 0 Å². The van der Waals surface area contributed by atoms with Gasteiger partial charge in [0.15, 0.2) is 0 Å². The van der Waals surface area contributed by atoms with Gasteiger partial charge in [0, 0.05) is 25.8 Å². The summed E-state index contributed by atoms with van der Waals surface area (Å²) in [6.07, 6.45) is 6.09. The van der Waals surface area contributed by atoms with Gasteiger partial charge in [-0.3, -0.25) is 4.79 Å². The first kappa shape index (κ1) is 14.8. The normalized spacial score (nSPS) is 23.8. The number of ether oxygens (including phenoxy) is 1. The van der Waals surface area contributed by atoms with E-state index < -0.39 is 5.54 Å². The van der Waals surface area contributed by atoms with E-state index in [4.69, 9.17) is 10.5 Å². The fraction of sp³-hybridized carbons (Fsp3) is 0.933. The number of carbonyl (C=O) groups excluding carboxylic acids is 1. The van der Waals surface area contributed by atoms with Gasteiger partial charge in [-0.1, -0.05) is 26.7 Å². The summed E-state index contributed by atoms with van der Waals surface area (Å²) < 4.78 is 5.35. The largest absolute Gasteiger partial charge is 0.381 e. The topological polar surface area (TPSA) is 55.6 Å². The number of amides is 1. The molecule has 1 amide bonds. The summed E-state index contributed by atoms with van der Waals surface area (Å²) in [5, 5.41) is 0. The summed E-state index contributed by atoms with van der Waals surface area (Å²) in [6, 6.07) is 0.415. The average molecular weight is 268 g/mol. The van der Waals surface area contributed by atoms with Gasteiger partial charge in [-0.05, 0) is 31.6 Å². The Labute approximate surface area is 116 Å². The Kier molecular flexibility index (Phi) is 4.85. The molecule has 2 N–H and O–H groups in total. The van der Waals surface area contributed by atoms with Gasteiger partial charge >= 0.3 is 0 Å². The highest BCUT2D eigenvalue weighted by atomic mass is 16.5. The number of rotatable bonds is 4. The Morgan fingerprint density at radius 2 is 1.89 bits per heavy atom. The van der Waals surface area contributed by atoms with Gasteiger partial charge in [-0.2, -0.15) is 0 Å². The van der Waals surface area contributed by atoms with E-state index in [2.05, 4.69) is 18.7 Å². The number of nitrogens with zero attached hydrogens (tertiary/aromatic N) is 1. The van der Waals surface area contributed by atoms with E-state index in [-0.39, 0.29) is 5.91 Å². The third-order valence-corrected chi connectivity index (χ3v) is 4.40. The highest BCUT2D eigenvalue weighted by molar-refractivity contribution is 5.86.